The van der Waals surface area contributed by atoms with E-state index in [9.17, 15) is 18.9 Å². The van der Waals surface area contributed by atoms with E-state index in [-0.39, 0.29) is 28.0 Å². The number of hydrogen-bond acceptors (Lipinski definition) is 11. The van der Waals surface area contributed by atoms with Gasteiger partial charge in [-0.3, -0.25) is 13.9 Å². The van der Waals surface area contributed by atoms with Crippen molar-refractivity contribution in [2.24, 2.45) is 0 Å². The molecule has 40 heavy (non-hydrogen) atoms. The second-order valence-corrected chi connectivity index (χ2v) is 11.7. The standard InChI is InChI=1S/C23H26ClF2N6O7P/c1-11(2)36-19(33)12(3)31-40(35,38-13-7-5-4-6-8-13)39-20-22(9-25)23(20,34)15(26)18(37-22)32-10-28-14-16(24)29-21(27)30-17(14)32/h4-8,10-12,15,18,20,34H,9H2,1-3H3,(H,31,35)(H2,27,29,30)/t12-,15-,18-,20?,22-,23-,40?/m1/s1. The highest BCUT2D eigenvalue weighted by molar-refractivity contribution is 7.52. The predicted octanol–water partition coefficient (Wildman–Crippen LogP) is 2.88. The van der Waals surface area contributed by atoms with Crippen LogP contribution in [-0.4, -0.2) is 72.9 Å². The lowest BCUT2D eigenvalue weighted by Crippen LogP contribution is -2.38. The average molecular weight is 603 g/mol. The summed E-state index contributed by atoms with van der Waals surface area (Å²) in [5, 5.41) is 13.6. The number of aliphatic hydroxyl groups is 1. The fraction of sp³-hybridized carbons (Fsp3) is 0.478. The number of anilines is 1. The van der Waals surface area contributed by atoms with Gasteiger partial charge in [-0.25, -0.2) is 18.3 Å². The van der Waals surface area contributed by atoms with Crippen molar-refractivity contribution in [3.8, 4) is 5.75 Å². The van der Waals surface area contributed by atoms with Crippen LogP contribution in [0.4, 0.5) is 14.7 Å². The van der Waals surface area contributed by atoms with E-state index in [2.05, 4.69) is 20.0 Å². The molecule has 1 aliphatic carbocycles. The minimum Gasteiger partial charge on any atom is -0.462 e. The number of nitrogens with one attached hydrogen (secondary N) is 1. The Kier molecular flexibility index (Phi) is 7.26. The number of carbonyl (C=O) groups excluding carboxylic acids is 1. The fourth-order valence-electron chi connectivity index (χ4n) is 4.62. The van der Waals surface area contributed by atoms with Crippen molar-refractivity contribution >= 4 is 42.4 Å². The van der Waals surface area contributed by atoms with E-state index in [1.54, 1.807) is 32.0 Å². The number of nitrogen functional groups attached to an aromatic ring is 1. The summed E-state index contributed by atoms with van der Waals surface area (Å²) in [6.45, 7) is 3.17. The number of alkyl halides is 2. The van der Waals surface area contributed by atoms with Gasteiger partial charge in [0.2, 0.25) is 5.95 Å². The SMILES string of the molecule is CC(C)OC(=O)[C@@H](C)NP(=O)(Oc1ccccc1)OC1[C@@]2(CF)O[C@@H](n3cnc4c(Cl)nc(N)nc43)[C@@H](F)[C@@]12O. The van der Waals surface area contributed by atoms with Crippen LogP contribution in [0.5, 0.6) is 5.75 Å². The lowest BCUT2D eigenvalue weighted by Gasteiger charge is -2.27. The monoisotopic (exact) mass is 602 g/mol. The number of esters is 1. The van der Waals surface area contributed by atoms with Gasteiger partial charge < -0.3 is 24.8 Å². The van der Waals surface area contributed by atoms with Crippen molar-refractivity contribution in [1.29, 1.82) is 0 Å². The molecule has 0 bridgehead atoms. The van der Waals surface area contributed by atoms with Gasteiger partial charge in [-0.1, -0.05) is 29.8 Å². The maximum absolute atomic E-state index is 15.9. The molecule has 3 aromatic rings. The van der Waals surface area contributed by atoms with Gasteiger partial charge in [0, 0.05) is 0 Å². The summed E-state index contributed by atoms with van der Waals surface area (Å²) < 4.78 is 67.4. The van der Waals surface area contributed by atoms with Crippen LogP contribution in [0.25, 0.3) is 11.2 Å². The molecule has 0 spiro atoms. The van der Waals surface area contributed by atoms with E-state index in [0.717, 1.165) is 10.9 Å². The molecule has 1 aromatic carbocycles. The van der Waals surface area contributed by atoms with Crippen molar-refractivity contribution in [2.45, 2.75) is 62.6 Å². The smallest absolute Gasteiger partial charge is 0.459 e. The Balaban J connectivity index is 1.43. The summed E-state index contributed by atoms with van der Waals surface area (Å²) in [5.74, 6) is -0.949. The number of aromatic nitrogens is 4. The molecule has 4 N–H and O–H groups in total. The molecule has 2 unspecified atom stereocenters. The summed E-state index contributed by atoms with van der Waals surface area (Å²) in [4.78, 5) is 24.2. The van der Waals surface area contributed by atoms with Crippen molar-refractivity contribution in [1.82, 2.24) is 24.6 Å². The Labute approximate surface area is 231 Å². The second kappa shape index (κ2) is 10.2. The van der Waals surface area contributed by atoms with Gasteiger partial charge in [0.15, 0.2) is 34.4 Å². The zero-order valence-corrected chi connectivity index (χ0v) is 23.1. The van der Waals surface area contributed by atoms with Gasteiger partial charge in [-0.15, -0.1) is 0 Å². The highest BCUT2D eigenvalue weighted by atomic mass is 35.5. The molecule has 7 atom stereocenters. The molecule has 2 fully saturated rings. The quantitative estimate of drug-likeness (QED) is 0.176. The zero-order valence-electron chi connectivity index (χ0n) is 21.4. The van der Waals surface area contributed by atoms with E-state index in [1.165, 1.54) is 19.1 Å². The number of nitrogens with zero attached hydrogens (tertiary/aromatic N) is 4. The van der Waals surface area contributed by atoms with Crippen LogP contribution in [0.1, 0.15) is 27.0 Å². The third-order valence-electron chi connectivity index (χ3n) is 6.56. The molecule has 17 heteroatoms. The minimum atomic E-state index is -4.60. The maximum atomic E-state index is 15.9. The number of fused-ring (bicyclic) bond motifs is 2. The van der Waals surface area contributed by atoms with E-state index >= 15 is 4.39 Å². The molecule has 0 amide bonds. The third kappa shape index (κ3) is 4.60. The first-order chi connectivity index (χ1) is 18.8. The average Bonchev–Trinajstić information content (AvgIpc) is 3.13. The van der Waals surface area contributed by atoms with Gasteiger partial charge in [-0.2, -0.15) is 15.1 Å². The Morgan fingerprint density at radius 1 is 1.32 bits per heavy atom. The van der Waals surface area contributed by atoms with Crippen molar-refractivity contribution in [2.75, 3.05) is 12.4 Å². The second-order valence-electron chi connectivity index (χ2n) is 9.68. The Morgan fingerprint density at radius 2 is 2.02 bits per heavy atom. The van der Waals surface area contributed by atoms with Crippen LogP contribution < -0.4 is 15.3 Å². The van der Waals surface area contributed by atoms with E-state index in [1.807, 2.05) is 0 Å². The Morgan fingerprint density at radius 3 is 2.65 bits per heavy atom. The normalized spacial score (nSPS) is 29.6. The molecule has 2 aromatic heterocycles. The molecule has 1 saturated heterocycles. The van der Waals surface area contributed by atoms with Crippen LogP contribution in [-0.2, 0) is 23.4 Å². The van der Waals surface area contributed by atoms with Gasteiger partial charge >= 0.3 is 13.7 Å². The topological polar surface area (TPSA) is 173 Å². The largest absolute Gasteiger partial charge is 0.462 e. The summed E-state index contributed by atoms with van der Waals surface area (Å²) in [7, 11) is -4.60. The van der Waals surface area contributed by atoms with E-state index < -0.39 is 62.2 Å². The number of imidazole rings is 1. The van der Waals surface area contributed by atoms with E-state index in [0.29, 0.717) is 0 Å². The van der Waals surface area contributed by atoms with Gasteiger partial charge in [0.05, 0.1) is 12.4 Å². The Hall–Kier alpha value is -2.94. The molecule has 13 nitrogen and oxygen atoms in total. The van der Waals surface area contributed by atoms with E-state index in [4.69, 9.17) is 35.9 Å². The van der Waals surface area contributed by atoms with Gasteiger partial charge in [0.25, 0.3) is 0 Å². The van der Waals surface area contributed by atoms with Crippen molar-refractivity contribution in [3.05, 3.63) is 41.8 Å². The van der Waals surface area contributed by atoms with Crippen LogP contribution in [0.15, 0.2) is 36.7 Å². The van der Waals surface area contributed by atoms with Crippen molar-refractivity contribution in [3.63, 3.8) is 0 Å². The summed E-state index contributed by atoms with van der Waals surface area (Å²) in [6.07, 6.45) is -5.10. The molecule has 216 valence electrons. The summed E-state index contributed by atoms with van der Waals surface area (Å²) in [6, 6.07) is 6.52. The number of rotatable bonds is 10. The lowest BCUT2D eigenvalue weighted by atomic mass is 10.1. The number of hydrogen-bond donors (Lipinski definition) is 3. The van der Waals surface area contributed by atoms with Crippen LogP contribution in [0.2, 0.25) is 5.15 Å². The number of para-hydroxylation sites is 1. The predicted molar refractivity (Wildman–Crippen MR) is 137 cm³/mol. The fourth-order valence-corrected chi connectivity index (χ4v) is 6.59. The molecular formula is C23H26ClF2N6O7P. The number of benzene rings is 1. The highest BCUT2D eigenvalue weighted by Gasteiger charge is 2.90. The lowest BCUT2D eigenvalue weighted by molar-refractivity contribution is -0.149. The van der Waals surface area contributed by atoms with Crippen LogP contribution in [0.3, 0.4) is 0 Å². The molecule has 1 aliphatic heterocycles. The zero-order chi connectivity index (χ0) is 29.0. The number of nitrogens with two attached hydrogens (primary N) is 1. The number of ether oxygens (including phenoxy) is 2. The molecule has 0 radical (unpaired) electrons. The summed E-state index contributed by atoms with van der Waals surface area (Å²) in [5.41, 5.74) is 0.819. The minimum absolute atomic E-state index is 0.0150. The Bertz CT molecular complexity index is 1480. The number of carbonyl (C=O) groups is 1. The molecule has 5 rings (SSSR count). The number of halogens is 3. The first kappa shape index (κ1) is 28.6. The van der Waals surface area contributed by atoms with Gasteiger partial charge in [-0.05, 0) is 32.9 Å². The molecule has 3 heterocycles. The highest BCUT2D eigenvalue weighted by Crippen LogP contribution is 2.68. The third-order valence-corrected chi connectivity index (χ3v) is 8.47. The molecule has 2 aliphatic rings. The molecular weight excluding hydrogens is 577 g/mol. The first-order valence-electron chi connectivity index (χ1n) is 12.1. The maximum Gasteiger partial charge on any atom is 0.459 e. The van der Waals surface area contributed by atoms with Gasteiger partial charge in [0.1, 0.15) is 30.1 Å². The summed E-state index contributed by atoms with van der Waals surface area (Å²) >= 11 is 6.04. The molecule has 1 saturated carbocycles. The van der Waals surface area contributed by atoms with Crippen molar-refractivity contribution < 1.29 is 41.8 Å². The van der Waals surface area contributed by atoms with Crippen LogP contribution in [0, 0.1) is 0 Å². The first-order valence-corrected chi connectivity index (χ1v) is 14.0. The van der Waals surface area contributed by atoms with Crippen LogP contribution >= 0.6 is 19.3 Å².